The van der Waals surface area contributed by atoms with Gasteiger partial charge in [-0.3, -0.25) is 14.4 Å². The van der Waals surface area contributed by atoms with E-state index in [0.717, 1.165) is 25.7 Å². The van der Waals surface area contributed by atoms with Crippen molar-refractivity contribution in [2.45, 2.75) is 70.9 Å². The van der Waals surface area contributed by atoms with Gasteiger partial charge in [-0.2, -0.15) is 0 Å². The fourth-order valence-corrected chi connectivity index (χ4v) is 4.73. The molecule has 174 valence electrons. The SMILES string of the molecule is CC(C)C[C@H](NC(=O)[C@@H]1CC(=O)N(c2ccc3c(c2)OCO3)C1)C(=O)NC1CCCCC1. The first-order chi connectivity index (χ1) is 15.4. The van der Waals surface area contributed by atoms with Crippen LogP contribution in [-0.4, -0.2) is 43.1 Å². The first-order valence-electron chi connectivity index (χ1n) is 11.7. The predicted molar refractivity (Wildman–Crippen MR) is 119 cm³/mol. The number of carbonyl (C=O) groups excluding carboxylic acids is 3. The van der Waals surface area contributed by atoms with E-state index in [1.54, 1.807) is 23.1 Å². The summed E-state index contributed by atoms with van der Waals surface area (Å²) in [5.41, 5.74) is 0.684. The van der Waals surface area contributed by atoms with Crippen LogP contribution in [0.2, 0.25) is 0 Å². The molecule has 1 aromatic rings. The molecular weight excluding hydrogens is 410 g/mol. The number of ether oxygens (including phenoxy) is 2. The van der Waals surface area contributed by atoms with Crippen LogP contribution in [-0.2, 0) is 14.4 Å². The Balaban J connectivity index is 1.38. The summed E-state index contributed by atoms with van der Waals surface area (Å²) in [6.45, 7) is 4.52. The average molecular weight is 444 g/mol. The van der Waals surface area contributed by atoms with E-state index in [0.29, 0.717) is 23.6 Å². The van der Waals surface area contributed by atoms with Gasteiger partial charge in [-0.05, 0) is 37.3 Å². The number of anilines is 1. The molecule has 1 aliphatic carbocycles. The zero-order valence-corrected chi connectivity index (χ0v) is 18.9. The number of hydrogen-bond acceptors (Lipinski definition) is 5. The Kier molecular flexibility index (Phi) is 6.86. The number of benzene rings is 1. The smallest absolute Gasteiger partial charge is 0.242 e. The van der Waals surface area contributed by atoms with Crippen LogP contribution in [0.5, 0.6) is 11.5 Å². The highest BCUT2D eigenvalue weighted by Crippen LogP contribution is 2.37. The largest absolute Gasteiger partial charge is 0.454 e. The number of nitrogens with one attached hydrogen (secondary N) is 2. The van der Waals surface area contributed by atoms with Gasteiger partial charge in [0.05, 0.1) is 5.92 Å². The van der Waals surface area contributed by atoms with Gasteiger partial charge >= 0.3 is 0 Å². The van der Waals surface area contributed by atoms with Crippen molar-refractivity contribution in [2.75, 3.05) is 18.2 Å². The fourth-order valence-electron chi connectivity index (χ4n) is 4.73. The van der Waals surface area contributed by atoms with Crippen LogP contribution < -0.4 is 25.0 Å². The second-order valence-corrected chi connectivity index (χ2v) is 9.48. The number of fused-ring (bicyclic) bond motifs is 1. The Morgan fingerprint density at radius 2 is 1.88 bits per heavy atom. The molecule has 0 spiro atoms. The lowest BCUT2D eigenvalue weighted by Gasteiger charge is -2.27. The Labute approximate surface area is 189 Å². The number of amides is 3. The van der Waals surface area contributed by atoms with Gasteiger partial charge in [0.15, 0.2) is 11.5 Å². The summed E-state index contributed by atoms with van der Waals surface area (Å²) >= 11 is 0. The molecule has 1 aromatic carbocycles. The first kappa shape index (κ1) is 22.4. The van der Waals surface area contributed by atoms with Crippen molar-refractivity contribution in [1.29, 1.82) is 0 Å². The maximum atomic E-state index is 13.0. The number of hydrogen-bond donors (Lipinski definition) is 2. The zero-order valence-electron chi connectivity index (χ0n) is 18.9. The molecule has 8 heteroatoms. The fraction of sp³-hybridized carbons (Fsp3) is 0.625. The summed E-state index contributed by atoms with van der Waals surface area (Å²) in [6, 6.07) is 4.94. The van der Waals surface area contributed by atoms with E-state index >= 15 is 0 Å². The van der Waals surface area contributed by atoms with Crippen molar-refractivity contribution in [2.24, 2.45) is 11.8 Å². The van der Waals surface area contributed by atoms with Crippen LogP contribution in [0.1, 0.15) is 58.8 Å². The summed E-state index contributed by atoms with van der Waals surface area (Å²) in [7, 11) is 0. The molecule has 2 heterocycles. The summed E-state index contributed by atoms with van der Waals surface area (Å²) in [6.07, 6.45) is 6.16. The Hall–Kier alpha value is -2.77. The molecule has 32 heavy (non-hydrogen) atoms. The molecule has 0 unspecified atom stereocenters. The minimum absolute atomic E-state index is 0.115. The molecule has 2 atom stereocenters. The van der Waals surface area contributed by atoms with E-state index in [1.807, 2.05) is 13.8 Å². The molecule has 0 bridgehead atoms. The third kappa shape index (κ3) is 5.16. The Bertz CT molecular complexity index is 865. The van der Waals surface area contributed by atoms with Gasteiger partial charge in [-0.25, -0.2) is 0 Å². The van der Waals surface area contributed by atoms with Crippen LogP contribution in [0, 0.1) is 11.8 Å². The summed E-state index contributed by atoms with van der Waals surface area (Å²) < 4.78 is 10.7. The van der Waals surface area contributed by atoms with Gasteiger partial charge in [-0.1, -0.05) is 33.1 Å². The van der Waals surface area contributed by atoms with Gasteiger partial charge in [0.25, 0.3) is 0 Å². The van der Waals surface area contributed by atoms with Gasteiger partial charge in [-0.15, -0.1) is 0 Å². The topological polar surface area (TPSA) is 97.0 Å². The second-order valence-electron chi connectivity index (χ2n) is 9.48. The van der Waals surface area contributed by atoms with E-state index in [-0.39, 0.29) is 49.4 Å². The number of rotatable bonds is 7. The highest BCUT2D eigenvalue weighted by atomic mass is 16.7. The predicted octanol–water partition coefficient (Wildman–Crippen LogP) is 2.75. The molecular formula is C24H33N3O5. The molecule has 3 aliphatic rings. The number of carbonyl (C=O) groups is 3. The Morgan fingerprint density at radius 1 is 1.12 bits per heavy atom. The highest BCUT2D eigenvalue weighted by Gasteiger charge is 2.37. The minimum Gasteiger partial charge on any atom is -0.454 e. The summed E-state index contributed by atoms with van der Waals surface area (Å²) in [5.74, 6) is 0.533. The van der Waals surface area contributed by atoms with E-state index in [2.05, 4.69) is 10.6 Å². The molecule has 8 nitrogen and oxygen atoms in total. The van der Waals surface area contributed by atoms with Gasteiger partial charge in [0.2, 0.25) is 24.5 Å². The summed E-state index contributed by atoms with van der Waals surface area (Å²) in [5, 5.41) is 6.07. The van der Waals surface area contributed by atoms with Gasteiger partial charge in [0, 0.05) is 30.8 Å². The Morgan fingerprint density at radius 3 is 2.62 bits per heavy atom. The van der Waals surface area contributed by atoms with Crippen LogP contribution in [0.3, 0.4) is 0 Å². The minimum atomic E-state index is -0.584. The summed E-state index contributed by atoms with van der Waals surface area (Å²) in [4.78, 5) is 40.2. The van der Waals surface area contributed by atoms with Crippen LogP contribution >= 0.6 is 0 Å². The van der Waals surface area contributed by atoms with Gasteiger partial charge in [0.1, 0.15) is 6.04 Å². The maximum absolute atomic E-state index is 13.0. The van der Waals surface area contributed by atoms with Crippen molar-refractivity contribution in [1.82, 2.24) is 10.6 Å². The lowest BCUT2D eigenvalue weighted by molar-refractivity contribution is -0.132. The molecule has 2 N–H and O–H groups in total. The first-order valence-corrected chi connectivity index (χ1v) is 11.7. The standard InChI is InChI=1S/C24H33N3O5/c1-15(2)10-19(24(30)25-17-6-4-3-5-7-17)26-23(29)16-11-22(28)27(13-16)18-8-9-20-21(12-18)32-14-31-20/h8-9,12,15-17,19H,3-7,10-11,13-14H2,1-2H3,(H,25,30)(H,26,29)/t16-,19+/m1/s1. The molecule has 0 radical (unpaired) electrons. The van der Waals surface area contributed by atoms with Crippen molar-refractivity contribution in [3.05, 3.63) is 18.2 Å². The van der Waals surface area contributed by atoms with Crippen molar-refractivity contribution in [3.8, 4) is 11.5 Å². The molecule has 2 fully saturated rings. The van der Waals surface area contributed by atoms with Crippen LogP contribution in [0.25, 0.3) is 0 Å². The molecule has 1 saturated heterocycles. The van der Waals surface area contributed by atoms with E-state index in [9.17, 15) is 14.4 Å². The molecule has 1 saturated carbocycles. The van der Waals surface area contributed by atoms with Gasteiger partial charge < -0.3 is 25.0 Å². The average Bonchev–Trinajstić information content (AvgIpc) is 3.39. The maximum Gasteiger partial charge on any atom is 0.242 e. The highest BCUT2D eigenvalue weighted by molar-refractivity contribution is 6.01. The quantitative estimate of drug-likeness (QED) is 0.675. The van der Waals surface area contributed by atoms with Crippen molar-refractivity contribution < 1.29 is 23.9 Å². The van der Waals surface area contributed by atoms with E-state index in [1.165, 1.54) is 6.42 Å². The van der Waals surface area contributed by atoms with E-state index in [4.69, 9.17) is 9.47 Å². The van der Waals surface area contributed by atoms with E-state index < -0.39 is 12.0 Å². The molecule has 2 aliphatic heterocycles. The lowest BCUT2D eigenvalue weighted by atomic mass is 9.94. The third-order valence-corrected chi connectivity index (χ3v) is 6.46. The van der Waals surface area contributed by atoms with Crippen LogP contribution in [0.4, 0.5) is 5.69 Å². The lowest BCUT2D eigenvalue weighted by Crippen LogP contribution is -2.51. The van der Waals surface area contributed by atoms with Crippen molar-refractivity contribution >= 4 is 23.4 Å². The second kappa shape index (κ2) is 9.79. The monoisotopic (exact) mass is 443 g/mol. The third-order valence-electron chi connectivity index (χ3n) is 6.46. The number of nitrogens with zero attached hydrogens (tertiary/aromatic N) is 1. The normalized spacial score (nSPS) is 21.7. The van der Waals surface area contributed by atoms with Crippen LogP contribution in [0.15, 0.2) is 18.2 Å². The molecule has 3 amide bonds. The molecule has 4 rings (SSSR count). The molecule has 0 aromatic heterocycles. The zero-order chi connectivity index (χ0) is 22.7. The van der Waals surface area contributed by atoms with Crippen molar-refractivity contribution in [3.63, 3.8) is 0 Å².